The summed E-state index contributed by atoms with van der Waals surface area (Å²) < 4.78 is 17.0. The zero-order valence-electron chi connectivity index (χ0n) is 22.6. The predicted octanol–water partition coefficient (Wildman–Crippen LogP) is 5.28. The fourth-order valence-corrected chi connectivity index (χ4v) is 5.53. The molecule has 1 unspecified atom stereocenters. The summed E-state index contributed by atoms with van der Waals surface area (Å²) in [7, 11) is 4.93. The molecule has 2 aliphatic heterocycles. The van der Waals surface area contributed by atoms with E-state index in [-0.39, 0.29) is 18.4 Å². The molecule has 2 aromatic carbocycles. The third kappa shape index (κ3) is 5.57. The van der Waals surface area contributed by atoms with E-state index in [0.29, 0.717) is 40.0 Å². The van der Waals surface area contributed by atoms with Gasteiger partial charge in [-0.15, -0.1) is 0 Å². The van der Waals surface area contributed by atoms with E-state index in [1.807, 2.05) is 66.6 Å². The zero-order chi connectivity index (χ0) is 27.4. The molecule has 2 aromatic rings. The summed E-state index contributed by atoms with van der Waals surface area (Å²) in [4.78, 5) is 35.1. The van der Waals surface area contributed by atoms with E-state index in [0.717, 1.165) is 11.3 Å². The molecule has 38 heavy (non-hydrogen) atoms. The molecule has 9 heteroatoms. The van der Waals surface area contributed by atoms with Gasteiger partial charge in [-0.05, 0) is 37.8 Å². The quantitative estimate of drug-likeness (QED) is 0.404. The number of aliphatic imine (C=N–C) groups is 1. The van der Waals surface area contributed by atoms with Gasteiger partial charge in [0, 0.05) is 24.9 Å². The van der Waals surface area contributed by atoms with Gasteiger partial charge in [-0.2, -0.15) is 0 Å². The summed E-state index contributed by atoms with van der Waals surface area (Å²) in [6.45, 7) is 5.92. The Balaban J connectivity index is 1.72. The van der Waals surface area contributed by atoms with Crippen LogP contribution in [0.25, 0.3) is 0 Å². The number of methoxy groups -OCH3 is 2. The number of carbonyl (C=O) groups excluding carboxylic acids is 2. The van der Waals surface area contributed by atoms with E-state index in [9.17, 15) is 9.59 Å². The number of carbonyl (C=O) groups is 2. The topological polar surface area (TPSA) is 80.7 Å². The lowest BCUT2D eigenvalue weighted by Gasteiger charge is -2.37. The maximum Gasteiger partial charge on any atom is 0.338 e. The first-order chi connectivity index (χ1) is 18.2. The summed E-state index contributed by atoms with van der Waals surface area (Å²) in [6, 6.07) is 14.8. The summed E-state index contributed by atoms with van der Waals surface area (Å²) in [5.74, 6) is 0.543. The van der Waals surface area contributed by atoms with E-state index in [2.05, 4.69) is 0 Å². The molecule has 4 rings (SSSR count). The molecule has 0 aliphatic carbocycles. The zero-order valence-corrected chi connectivity index (χ0v) is 23.4. The molecular formula is C29H33N3O5S. The van der Waals surface area contributed by atoms with Crippen LogP contribution in [0.3, 0.4) is 0 Å². The predicted molar refractivity (Wildman–Crippen MR) is 149 cm³/mol. The average molecular weight is 536 g/mol. The van der Waals surface area contributed by atoms with Gasteiger partial charge in [-0.25, -0.2) is 9.79 Å². The number of allylic oxidation sites excluding steroid dienone is 1. The molecular weight excluding hydrogens is 502 g/mol. The molecule has 0 saturated carbocycles. The van der Waals surface area contributed by atoms with Crippen LogP contribution in [-0.2, 0) is 20.9 Å². The standard InChI is InChI=1S/C29H33N3O5S/c1-18(2)37-28(34)25-19(3)30-29-32(26(25)22-13-10-14-23(35-5)27(22)36-6)21(17-38-29)15-24(33)31(4)16-20-11-8-7-9-12-20/h7-14,17-18,26H,15-16H2,1-6H3. The number of hydrogen-bond donors (Lipinski definition) is 0. The number of esters is 1. The highest BCUT2D eigenvalue weighted by molar-refractivity contribution is 8.16. The lowest BCUT2D eigenvalue weighted by Crippen LogP contribution is -2.38. The monoisotopic (exact) mass is 535 g/mol. The number of fused-ring (bicyclic) bond motifs is 1. The van der Waals surface area contributed by atoms with E-state index >= 15 is 0 Å². The van der Waals surface area contributed by atoms with Crippen molar-refractivity contribution in [1.29, 1.82) is 0 Å². The number of rotatable bonds is 9. The minimum atomic E-state index is -0.618. The number of para-hydroxylation sites is 1. The van der Waals surface area contributed by atoms with Crippen LogP contribution in [-0.4, -0.2) is 54.2 Å². The number of amidine groups is 1. The first-order valence-electron chi connectivity index (χ1n) is 12.4. The van der Waals surface area contributed by atoms with Crippen molar-refractivity contribution in [2.45, 2.75) is 45.9 Å². The van der Waals surface area contributed by atoms with Crippen LogP contribution in [0.5, 0.6) is 11.5 Å². The molecule has 0 bridgehead atoms. The molecule has 0 N–H and O–H groups in total. The smallest absolute Gasteiger partial charge is 0.338 e. The minimum absolute atomic E-state index is 0.0455. The Morgan fingerprint density at radius 3 is 2.47 bits per heavy atom. The molecule has 1 atom stereocenters. The molecule has 2 aliphatic rings. The van der Waals surface area contributed by atoms with Crippen molar-refractivity contribution >= 4 is 28.8 Å². The first-order valence-corrected chi connectivity index (χ1v) is 13.3. The Bertz CT molecular complexity index is 1300. The first kappa shape index (κ1) is 27.3. The molecule has 200 valence electrons. The molecule has 0 fully saturated rings. The molecule has 0 aromatic heterocycles. The SMILES string of the molecule is COc1cccc(C2C(C(=O)OC(C)C)=C(C)N=C3SC=C(CC(=O)N(C)Cc4ccccc4)N32)c1OC. The fraction of sp³-hybridized carbons (Fsp3) is 0.345. The molecule has 2 heterocycles. The second-order valence-corrected chi connectivity index (χ2v) is 10.2. The summed E-state index contributed by atoms with van der Waals surface area (Å²) in [5, 5.41) is 2.61. The lowest BCUT2D eigenvalue weighted by atomic mass is 9.92. The van der Waals surface area contributed by atoms with Gasteiger partial charge in [-0.3, -0.25) is 4.79 Å². The van der Waals surface area contributed by atoms with Crippen LogP contribution in [0, 0.1) is 0 Å². The van der Waals surface area contributed by atoms with Crippen molar-refractivity contribution in [3.05, 3.63) is 82.0 Å². The van der Waals surface area contributed by atoms with Gasteiger partial charge in [0.15, 0.2) is 16.7 Å². The van der Waals surface area contributed by atoms with Crippen LogP contribution >= 0.6 is 11.8 Å². The van der Waals surface area contributed by atoms with Crippen LogP contribution < -0.4 is 9.47 Å². The van der Waals surface area contributed by atoms with E-state index in [1.165, 1.54) is 11.8 Å². The largest absolute Gasteiger partial charge is 0.493 e. The third-order valence-corrected chi connectivity index (χ3v) is 7.20. The van der Waals surface area contributed by atoms with E-state index in [1.54, 1.807) is 39.2 Å². The van der Waals surface area contributed by atoms with Crippen LogP contribution in [0.2, 0.25) is 0 Å². The molecule has 8 nitrogen and oxygen atoms in total. The number of hydrogen-bond acceptors (Lipinski definition) is 8. The summed E-state index contributed by atoms with van der Waals surface area (Å²) in [5.41, 5.74) is 3.47. The number of benzene rings is 2. The second-order valence-electron chi connectivity index (χ2n) is 9.34. The Kier molecular flexibility index (Phi) is 8.46. The fourth-order valence-electron chi connectivity index (χ4n) is 4.57. The van der Waals surface area contributed by atoms with Gasteiger partial charge in [0.2, 0.25) is 5.91 Å². The van der Waals surface area contributed by atoms with Gasteiger partial charge in [0.05, 0.1) is 44.1 Å². The van der Waals surface area contributed by atoms with Crippen LogP contribution in [0.1, 0.15) is 44.4 Å². The van der Waals surface area contributed by atoms with Crippen LogP contribution in [0.4, 0.5) is 0 Å². The molecule has 0 radical (unpaired) electrons. The maximum absolute atomic E-state index is 13.4. The number of thioether (sulfide) groups is 1. The van der Waals surface area contributed by atoms with Crippen LogP contribution in [0.15, 0.2) is 75.9 Å². The molecule has 0 spiro atoms. The third-order valence-electron chi connectivity index (χ3n) is 6.31. The summed E-state index contributed by atoms with van der Waals surface area (Å²) >= 11 is 1.43. The Morgan fingerprint density at radius 2 is 1.82 bits per heavy atom. The second kappa shape index (κ2) is 11.8. The Morgan fingerprint density at radius 1 is 1.08 bits per heavy atom. The van der Waals surface area contributed by atoms with Crippen molar-refractivity contribution in [3.63, 3.8) is 0 Å². The van der Waals surface area contributed by atoms with Gasteiger partial charge >= 0.3 is 5.97 Å². The van der Waals surface area contributed by atoms with Crippen molar-refractivity contribution in [3.8, 4) is 11.5 Å². The highest BCUT2D eigenvalue weighted by Crippen LogP contribution is 2.48. The maximum atomic E-state index is 13.4. The molecule has 0 saturated heterocycles. The highest BCUT2D eigenvalue weighted by Gasteiger charge is 2.43. The molecule has 1 amide bonds. The summed E-state index contributed by atoms with van der Waals surface area (Å²) in [6.07, 6.45) is -0.166. The average Bonchev–Trinajstić information content (AvgIpc) is 3.29. The van der Waals surface area contributed by atoms with Gasteiger partial charge in [-0.1, -0.05) is 54.2 Å². The van der Waals surface area contributed by atoms with Crippen molar-refractivity contribution in [2.24, 2.45) is 4.99 Å². The van der Waals surface area contributed by atoms with E-state index < -0.39 is 12.0 Å². The van der Waals surface area contributed by atoms with Crippen molar-refractivity contribution in [1.82, 2.24) is 9.80 Å². The van der Waals surface area contributed by atoms with Crippen molar-refractivity contribution < 1.29 is 23.8 Å². The number of nitrogens with zero attached hydrogens (tertiary/aromatic N) is 3. The minimum Gasteiger partial charge on any atom is -0.493 e. The van der Waals surface area contributed by atoms with Gasteiger partial charge < -0.3 is 24.0 Å². The number of ether oxygens (including phenoxy) is 3. The van der Waals surface area contributed by atoms with Gasteiger partial charge in [0.25, 0.3) is 0 Å². The van der Waals surface area contributed by atoms with Crippen molar-refractivity contribution in [2.75, 3.05) is 21.3 Å². The lowest BCUT2D eigenvalue weighted by molar-refractivity contribution is -0.143. The number of amides is 1. The van der Waals surface area contributed by atoms with Gasteiger partial charge in [0.1, 0.15) is 0 Å². The highest BCUT2D eigenvalue weighted by atomic mass is 32.2. The normalized spacial score (nSPS) is 16.6. The Hall–Kier alpha value is -3.72. The Labute approximate surface area is 228 Å². The van der Waals surface area contributed by atoms with E-state index in [4.69, 9.17) is 19.2 Å².